The SMILES string of the molecule is O=Cc1ccc(OC(F)(F)F)c(-c2cc(F)c(O)c(C34CC5CC(CC(C5)C3)C4)c2)c1. The van der Waals surface area contributed by atoms with Crippen molar-refractivity contribution < 1.29 is 32.2 Å². The summed E-state index contributed by atoms with van der Waals surface area (Å²) in [6, 6.07) is 6.13. The summed E-state index contributed by atoms with van der Waals surface area (Å²) in [4.78, 5) is 11.2. The molecular weight excluding hydrogens is 412 g/mol. The summed E-state index contributed by atoms with van der Waals surface area (Å²) in [6.45, 7) is 0. The van der Waals surface area contributed by atoms with Crippen LogP contribution in [0.4, 0.5) is 17.6 Å². The molecule has 4 saturated carbocycles. The van der Waals surface area contributed by atoms with Crippen LogP contribution in [0.1, 0.15) is 54.4 Å². The second-order valence-corrected chi connectivity index (χ2v) is 9.47. The largest absolute Gasteiger partial charge is 0.573 e. The molecule has 0 spiro atoms. The second kappa shape index (κ2) is 6.97. The fraction of sp³-hybridized carbons (Fsp3) is 0.458. The number of carbonyl (C=O) groups is 1. The van der Waals surface area contributed by atoms with Crippen LogP contribution >= 0.6 is 0 Å². The van der Waals surface area contributed by atoms with Gasteiger partial charge in [0.2, 0.25) is 0 Å². The molecule has 31 heavy (non-hydrogen) atoms. The molecule has 0 atom stereocenters. The lowest BCUT2D eigenvalue weighted by Crippen LogP contribution is -2.48. The lowest BCUT2D eigenvalue weighted by atomic mass is 9.48. The highest BCUT2D eigenvalue weighted by Gasteiger charge is 2.52. The molecular formula is C24H22F4O3. The van der Waals surface area contributed by atoms with Gasteiger partial charge in [0.05, 0.1) is 0 Å². The molecule has 0 saturated heterocycles. The zero-order valence-electron chi connectivity index (χ0n) is 16.7. The number of phenols is 1. The maximum Gasteiger partial charge on any atom is 0.573 e. The second-order valence-electron chi connectivity index (χ2n) is 9.47. The lowest BCUT2D eigenvalue weighted by molar-refractivity contribution is -0.274. The van der Waals surface area contributed by atoms with Gasteiger partial charge in [-0.1, -0.05) is 0 Å². The Bertz CT molecular complexity index is 1010. The Morgan fingerprint density at radius 2 is 1.61 bits per heavy atom. The number of hydrogen-bond acceptors (Lipinski definition) is 3. The molecule has 4 fully saturated rings. The minimum Gasteiger partial charge on any atom is -0.505 e. The number of alkyl halides is 3. The Balaban J connectivity index is 1.64. The molecule has 0 aromatic heterocycles. The molecule has 0 radical (unpaired) electrons. The normalized spacial score (nSPS) is 29.2. The van der Waals surface area contributed by atoms with Crippen molar-refractivity contribution in [3.8, 4) is 22.6 Å². The molecule has 6 rings (SSSR count). The van der Waals surface area contributed by atoms with Gasteiger partial charge in [-0.05, 0) is 97.6 Å². The summed E-state index contributed by atoms with van der Waals surface area (Å²) in [5.41, 5.74) is 0.379. The Morgan fingerprint density at radius 1 is 1.00 bits per heavy atom. The molecule has 4 aliphatic rings. The van der Waals surface area contributed by atoms with Crippen LogP contribution in [0.3, 0.4) is 0 Å². The van der Waals surface area contributed by atoms with E-state index < -0.39 is 23.7 Å². The van der Waals surface area contributed by atoms with Crippen LogP contribution in [-0.2, 0) is 5.41 Å². The van der Waals surface area contributed by atoms with E-state index in [0.29, 0.717) is 29.6 Å². The number of rotatable bonds is 4. The maximum absolute atomic E-state index is 14.9. The lowest BCUT2D eigenvalue weighted by Gasteiger charge is -2.57. The van der Waals surface area contributed by atoms with Crippen molar-refractivity contribution in [1.82, 2.24) is 0 Å². The van der Waals surface area contributed by atoms with Crippen molar-refractivity contribution in [2.45, 2.75) is 50.3 Å². The zero-order valence-corrected chi connectivity index (χ0v) is 16.7. The molecule has 3 nitrogen and oxygen atoms in total. The molecule has 164 valence electrons. The van der Waals surface area contributed by atoms with Crippen molar-refractivity contribution in [2.75, 3.05) is 0 Å². The van der Waals surface area contributed by atoms with E-state index in [-0.39, 0.29) is 22.1 Å². The van der Waals surface area contributed by atoms with Crippen molar-refractivity contribution in [1.29, 1.82) is 0 Å². The Hall–Kier alpha value is -2.57. The fourth-order valence-corrected chi connectivity index (χ4v) is 6.66. The number of benzene rings is 2. The first-order valence-electron chi connectivity index (χ1n) is 10.5. The highest BCUT2D eigenvalue weighted by molar-refractivity contribution is 5.82. The summed E-state index contributed by atoms with van der Waals surface area (Å²) >= 11 is 0. The van der Waals surface area contributed by atoms with Crippen LogP contribution in [0.2, 0.25) is 0 Å². The van der Waals surface area contributed by atoms with E-state index in [9.17, 15) is 27.5 Å². The van der Waals surface area contributed by atoms with Crippen molar-refractivity contribution in [3.05, 3.63) is 47.3 Å². The number of aldehydes is 1. The summed E-state index contributed by atoms with van der Waals surface area (Å²) in [6.07, 6.45) is 1.63. The van der Waals surface area contributed by atoms with Crippen LogP contribution in [0.5, 0.6) is 11.5 Å². The van der Waals surface area contributed by atoms with Gasteiger partial charge in [0.15, 0.2) is 11.6 Å². The third-order valence-corrected chi connectivity index (χ3v) is 7.35. The Morgan fingerprint density at radius 3 is 2.16 bits per heavy atom. The van der Waals surface area contributed by atoms with Crippen molar-refractivity contribution >= 4 is 6.29 Å². The van der Waals surface area contributed by atoms with E-state index in [1.54, 1.807) is 6.07 Å². The number of hydrogen-bond donors (Lipinski definition) is 1. The standard InChI is InChI=1S/C24H22F4O3/c25-20-8-17(18-6-13(12-29)1-2-21(18)31-24(26,27)28)7-19(22(20)30)23-9-14-3-15(10-23)5-16(4-14)11-23/h1-2,6-8,12,14-16,30H,3-5,9-11H2. The minimum atomic E-state index is -4.93. The van der Waals surface area contributed by atoms with Gasteiger partial charge in [-0.3, -0.25) is 4.79 Å². The van der Waals surface area contributed by atoms with Gasteiger partial charge in [0.1, 0.15) is 12.0 Å². The Kier molecular flexibility index (Phi) is 4.57. The van der Waals surface area contributed by atoms with Crippen molar-refractivity contribution in [2.24, 2.45) is 17.8 Å². The zero-order chi connectivity index (χ0) is 22.0. The minimum absolute atomic E-state index is 0.0354. The first-order chi connectivity index (χ1) is 14.7. The average Bonchev–Trinajstić information content (AvgIpc) is 2.68. The number of carbonyl (C=O) groups excluding carboxylic acids is 1. The number of aromatic hydroxyl groups is 1. The summed E-state index contributed by atoms with van der Waals surface area (Å²) in [5.74, 6) is -0.187. The monoisotopic (exact) mass is 434 g/mol. The summed E-state index contributed by atoms with van der Waals surface area (Å²) < 4.78 is 57.8. The molecule has 4 bridgehead atoms. The Labute approximate surface area is 177 Å². The fourth-order valence-electron chi connectivity index (χ4n) is 6.66. The maximum atomic E-state index is 14.9. The first kappa shape index (κ1) is 20.3. The van der Waals surface area contributed by atoms with Gasteiger partial charge in [0.25, 0.3) is 0 Å². The highest BCUT2D eigenvalue weighted by atomic mass is 19.4. The molecule has 2 aromatic carbocycles. The van der Waals surface area contributed by atoms with E-state index >= 15 is 0 Å². The number of halogens is 4. The molecule has 0 aliphatic heterocycles. The number of ether oxygens (including phenoxy) is 1. The highest BCUT2D eigenvalue weighted by Crippen LogP contribution is 2.62. The van der Waals surface area contributed by atoms with Crippen LogP contribution in [-0.4, -0.2) is 17.8 Å². The molecule has 1 N–H and O–H groups in total. The number of phenolic OH excluding ortho intramolecular Hbond substituents is 1. The molecule has 0 amide bonds. The quantitative estimate of drug-likeness (QED) is 0.449. The average molecular weight is 434 g/mol. The van der Waals surface area contributed by atoms with E-state index in [4.69, 9.17) is 0 Å². The van der Waals surface area contributed by atoms with E-state index in [2.05, 4.69) is 4.74 Å². The third kappa shape index (κ3) is 3.58. The van der Waals surface area contributed by atoms with Crippen LogP contribution in [0, 0.1) is 23.6 Å². The molecule has 4 aliphatic carbocycles. The third-order valence-electron chi connectivity index (χ3n) is 7.35. The van der Waals surface area contributed by atoms with Crippen molar-refractivity contribution in [3.63, 3.8) is 0 Å². The summed E-state index contributed by atoms with van der Waals surface area (Å²) in [5, 5.41) is 10.6. The predicted octanol–water partition coefficient (Wildman–Crippen LogP) is 6.38. The van der Waals surface area contributed by atoms with E-state index in [0.717, 1.165) is 50.7 Å². The molecule has 7 heteroatoms. The topological polar surface area (TPSA) is 46.5 Å². The molecule has 0 unspecified atom stereocenters. The van der Waals surface area contributed by atoms with Gasteiger partial charge >= 0.3 is 6.36 Å². The van der Waals surface area contributed by atoms with Gasteiger partial charge in [0, 0.05) is 16.7 Å². The van der Waals surface area contributed by atoms with Crippen LogP contribution < -0.4 is 4.74 Å². The predicted molar refractivity (Wildman–Crippen MR) is 105 cm³/mol. The molecule has 2 aromatic rings. The van der Waals surface area contributed by atoms with Crippen LogP contribution in [0.25, 0.3) is 11.1 Å². The van der Waals surface area contributed by atoms with Gasteiger partial charge in [-0.2, -0.15) is 0 Å². The van der Waals surface area contributed by atoms with Gasteiger partial charge < -0.3 is 9.84 Å². The first-order valence-corrected chi connectivity index (χ1v) is 10.5. The van der Waals surface area contributed by atoms with Gasteiger partial charge in [-0.15, -0.1) is 13.2 Å². The van der Waals surface area contributed by atoms with Gasteiger partial charge in [-0.25, -0.2) is 4.39 Å². The van der Waals surface area contributed by atoms with Crippen LogP contribution in [0.15, 0.2) is 30.3 Å². The molecule has 0 heterocycles. The van der Waals surface area contributed by atoms with E-state index in [1.807, 2.05) is 0 Å². The van der Waals surface area contributed by atoms with E-state index in [1.165, 1.54) is 12.1 Å². The smallest absolute Gasteiger partial charge is 0.505 e. The summed E-state index contributed by atoms with van der Waals surface area (Å²) in [7, 11) is 0.